The summed E-state index contributed by atoms with van der Waals surface area (Å²) in [5.74, 6) is -0.565. The van der Waals surface area contributed by atoms with Crippen LogP contribution in [0.4, 0.5) is 8.78 Å². The second kappa shape index (κ2) is 14.6. The Morgan fingerprint density at radius 3 is 2.33 bits per heavy atom. The average Bonchev–Trinajstić information content (AvgIpc) is 3.39. The Morgan fingerprint density at radius 1 is 1.02 bits per heavy atom. The molecule has 0 spiro atoms. The van der Waals surface area contributed by atoms with Crippen molar-refractivity contribution in [1.82, 2.24) is 14.9 Å². The number of aromatic nitrogens is 2. The summed E-state index contributed by atoms with van der Waals surface area (Å²) in [6, 6.07) is 16.3. The predicted molar refractivity (Wildman–Crippen MR) is 159 cm³/mol. The number of halogens is 2. The summed E-state index contributed by atoms with van der Waals surface area (Å²) in [4.78, 5) is 29.6. The highest BCUT2D eigenvalue weighted by Gasteiger charge is 2.23. The van der Waals surface area contributed by atoms with Gasteiger partial charge in [-0.3, -0.25) is 4.79 Å². The highest BCUT2D eigenvalue weighted by Crippen LogP contribution is 2.27. The molecule has 1 heterocycles. The molecule has 2 unspecified atom stereocenters. The van der Waals surface area contributed by atoms with Crippen molar-refractivity contribution in [1.29, 1.82) is 0 Å². The zero-order valence-corrected chi connectivity index (χ0v) is 24.2. The van der Waals surface area contributed by atoms with Crippen molar-refractivity contribution < 1.29 is 28.2 Å². The van der Waals surface area contributed by atoms with Gasteiger partial charge in [-0.1, -0.05) is 30.3 Å². The SMILES string of the molecule is CSCCC(NC(=O)c1cc(OC(Cn2ccnc2C)c2ccc(F)cc2)ccc1CCc1ccc(F)cc1)C(=O)O. The molecule has 0 radical (unpaired) electrons. The highest BCUT2D eigenvalue weighted by molar-refractivity contribution is 7.98. The summed E-state index contributed by atoms with van der Waals surface area (Å²) in [5, 5.41) is 12.4. The first kappa shape index (κ1) is 30.8. The van der Waals surface area contributed by atoms with Gasteiger partial charge in [0.1, 0.15) is 35.4 Å². The van der Waals surface area contributed by atoms with Gasteiger partial charge in [0.05, 0.1) is 6.54 Å². The number of thioether (sulfide) groups is 1. The van der Waals surface area contributed by atoms with E-state index in [1.165, 1.54) is 36.0 Å². The number of amides is 1. The minimum Gasteiger partial charge on any atom is -0.484 e. The van der Waals surface area contributed by atoms with Crippen LogP contribution in [0.25, 0.3) is 0 Å². The maximum absolute atomic E-state index is 13.7. The second-order valence-corrected chi connectivity index (χ2v) is 10.9. The molecule has 0 bridgehead atoms. The van der Waals surface area contributed by atoms with Crippen LogP contribution < -0.4 is 10.1 Å². The van der Waals surface area contributed by atoms with Crippen molar-refractivity contribution in [3.63, 3.8) is 0 Å². The van der Waals surface area contributed by atoms with E-state index in [2.05, 4.69) is 10.3 Å². The molecule has 42 heavy (non-hydrogen) atoms. The van der Waals surface area contributed by atoms with Crippen LogP contribution in [0.3, 0.4) is 0 Å². The van der Waals surface area contributed by atoms with Crippen molar-refractivity contribution >= 4 is 23.6 Å². The van der Waals surface area contributed by atoms with Crippen molar-refractivity contribution in [2.45, 2.75) is 44.9 Å². The van der Waals surface area contributed by atoms with Gasteiger partial charge in [0.25, 0.3) is 5.91 Å². The van der Waals surface area contributed by atoms with Crippen LogP contribution in [0.1, 0.15) is 45.4 Å². The molecular weight excluding hydrogens is 560 g/mol. The first-order chi connectivity index (χ1) is 20.2. The third kappa shape index (κ3) is 8.42. The van der Waals surface area contributed by atoms with Gasteiger partial charge in [0.2, 0.25) is 0 Å². The Labute approximate surface area is 247 Å². The summed E-state index contributed by atoms with van der Waals surface area (Å²) in [6.07, 6.45) is 6.14. The molecule has 1 aromatic heterocycles. The summed E-state index contributed by atoms with van der Waals surface area (Å²) < 4.78 is 35.4. The molecule has 0 saturated heterocycles. The molecule has 7 nitrogen and oxygen atoms in total. The van der Waals surface area contributed by atoms with E-state index in [9.17, 15) is 23.5 Å². The minimum atomic E-state index is -1.11. The molecule has 10 heteroatoms. The van der Waals surface area contributed by atoms with Crippen LogP contribution in [-0.2, 0) is 24.2 Å². The molecule has 3 aromatic carbocycles. The number of benzene rings is 3. The second-order valence-electron chi connectivity index (χ2n) is 9.88. The van der Waals surface area contributed by atoms with Gasteiger partial charge < -0.3 is 19.7 Å². The lowest BCUT2D eigenvalue weighted by Crippen LogP contribution is -2.41. The first-order valence-electron chi connectivity index (χ1n) is 13.5. The number of carboxylic acids is 1. The number of ether oxygens (including phenoxy) is 1. The normalized spacial score (nSPS) is 12.5. The third-order valence-corrected chi connectivity index (χ3v) is 7.59. The molecule has 2 N–H and O–H groups in total. The summed E-state index contributed by atoms with van der Waals surface area (Å²) in [7, 11) is 0. The van der Waals surface area contributed by atoms with Gasteiger partial charge in [0.15, 0.2) is 0 Å². The lowest BCUT2D eigenvalue weighted by Gasteiger charge is -2.22. The number of aliphatic carboxylic acids is 1. The molecule has 4 rings (SSSR count). The lowest BCUT2D eigenvalue weighted by molar-refractivity contribution is -0.139. The fraction of sp³-hybridized carbons (Fsp3) is 0.281. The van der Waals surface area contributed by atoms with Crippen molar-refractivity contribution in [3.8, 4) is 5.75 Å². The van der Waals surface area contributed by atoms with Crippen LogP contribution in [-0.4, -0.2) is 44.6 Å². The molecule has 0 saturated carbocycles. The fourth-order valence-corrected chi connectivity index (χ4v) is 5.02. The zero-order chi connectivity index (χ0) is 30.1. The summed E-state index contributed by atoms with van der Waals surface area (Å²) in [5.41, 5.74) is 2.63. The molecule has 220 valence electrons. The molecular formula is C32H33F2N3O4S. The van der Waals surface area contributed by atoms with E-state index in [4.69, 9.17) is 4.74 Å². The predicted octanol–water partition coefficient (Wildman–Crippen LogP) is 6.01. The van der Waals surface area contributed by atoms with Gasteiger partial charge in [-0.15, -0.1) is 0 Å². The van der Waals surface area contributed by atoms with Crippen LogP contribution in [0, 0.1) is 18.6 Å². The quantitative estimate of drug-likeness (QED) is 0.186. The zero-order valence-electron chi connectivity index (χ0n) is 23.4. The number of carbonyl (C=O) groups is 2. The number of aryl methyl sites for hydroxylation is 3. The number of nitrogens with zero attached hydrogens (tertiary/aromatic N) is 2. The molecule has 0 aliphatic carbocycles. The Bertz CT molecular complexity index is 1490. The van der Waals surface area contributed by atoms with Gasteiger partial charge in [-0.05, 0) is 91.3 Å². The standard InChI is InChI=1S/C32H33F2N3O4S/c1-21-35-16-17-37(21)20-30(24-7-12-26(34)13-8-24)41-27-14-9-23(6-3-22-4-10-25(33)11-5-22)28(19-27)31(38)36-29(32(39)40)15-18-42-2/h4-5,7-14,16-17,19,29-30H,3,6,15,18,20H2,1-2H3,(H,36,38)(H,39,40). The van der Waals surface area contributed by atoms with Crippen molar-refractivity contribution in [2.24, 2.45) is 0 Å². The number of imidazole rings is 1. The Kier molecular flexibility index (Phi) is 10.7. The third-order valence-electron chi connectivity index (χ3n) is 6.94. The van der Waals surface area contributed by atoms with E-state index < -0.39 is 24.0 Å². The Morgan fingerprint density at radius 2 is 1.71 bits per heavy atom. The number of rotatable bonds is 14. The van der Waals surface area contributed by atoms with E-state index in [-0.39, 0.29) is 18.1 Å². The van der Waals surface area contributed by atoms with E-state index in [1.54, 1.807) is 48.7 Å². The van der Waals surface area contributed by atoms with E-state index in [0.717, 1.165) is 17.0 Å². The molecule has 4 aromatic rings. The summed E-state index contributed by atoms with van der Waals surface area (Å²) >= 11 is 1.50. The molecule has 2 atom stereocenters. The van der Waals surface area contributed by atoms with E-state index in [1.807, 2.05) is 23.9 Å². The van der Waals surface area contributed by atoms with Gasteiger partial charge in [-0.2, -0.15) is 11.8 Å². The summed E-state index contributed by atoms with van der Waals surface area (Å²) in [6.45, 7) is 2.26. The monoisotopic (exact) mass is 593 g/mol. The van der Waals surface area contributed by atoms with Crippen LogP contribution in [0.15, 0.2) is 79.1 Å². The van der Waals surface area contributed by atoms with Crippen molar-refractivity contribution in [2.75, 3.05) is 12.0 Å². The fourth-order valence-electron chi connectivity index (χ4n) is 4.55. The maximum atomic E-state index is 13.7. The topological polar surface area (TPSA) is 93.5 Å². The van der Waals surface area contributed by atoms with Gasteiger partial charge in [0, 0.05) is 18.0 Å². The van der Waals surface area contributed by atoms with E-state index in [0.29, 0.717) is 42.0 Å². The van der Waals surface area contributed by atoms with Gasteiger partial charge >= 0.3 is 5.97 Å². The molecule has 1 amide bonds. The number of carbonyl (C=O) groups excluding carboxylic acids is 1. The smallest absolute Gasteiger partial charge is 0.326 e. The first-order valence-corrected chi connectivity index (χ1v) is 14.9. The largest absolute Gasteiger partial charge is 0.484 e. The lowest BCUT2D eigenvalue weighted by atomic mass is 9.98. The Balaban J connectivity index is 1.64. The van der Waals surface area contributed by atoms with E-state index >= 15 is 0 Å². The van der Waals surface area contributed by atoms with Crippen LogP contribution in [0.5, 0.6) is 5.75 Å². The number of nitrogens with one attached hydrogen (secondary N) is 1. The minimum absolute atomic E-state index is 0.278. The highest BCUT2D eigenvalue weighted by atomic mass is 32.2. The number of hydrogen-bond donors (Lipinski definition) is 2. The molecule has 0 aliphatic heterocycles. The maximum Gasteiger partial charge on any atom is 0.326 e. The average molecular weight is 594 g/mol. The van der Waals surface area contributed by atoms with Crippen LogP contribution >= 0.6 is 11.8 Å². The number of hydrogen-bond acceptors (Lipinski definition) is 5. The van der Waals surface area contributed by atoms with Crippen LogP contribution in [0.2, 0.25) is 0 Å². The number of carboxylic acid groups (broad SMARTS) is 1. The van der Waals surface area contributed by atoms with Gasteiger partial charge in [-0.25, -0.2) is 18.6 Å². The molecule has 0 aliphatic rings. The van der Waals surface area contributed by atoms with Crippen molar-refractivity contribution in [3.05, 3.63) is 119 Å². The molecule has 0 fully saturated rings. The Hall–Kier alpha value is -4.18.